The summed E-state index contributed by atoms with van der Waals surface area (Å²) >= 11 is 0. The first-order valence-electron chi connectivity index (χ1n) is 9.00. The minimum absolute atomic E-state index is 0.0364. The zero-order valence-electron chi connectivity index (χ0n) is 15.1. The van der Waals surface area contributed by atoms with Crippen molar-refractivity contribution in [1.29, 1.82) is 0 Å². The largest absolute Gasteiger partial charge is 0.294 e. The van der Waals surface area contributed by atoms with Crippen LogP contribution in [0.15, 0.2) is 66.1 Å². The molecule has 0 saturated heterocycles. The zero-order chi connectivity index (χ0) is 18.3. The van der Waals surface area contributed by atoms with Crippen LogP contribution in [0, 0.1) is 5.41 Å². The van der Waals surface area contributed by atoms with Gasteiger partial charge in [0.15, 0.2) is 5.78 Å². The number of allylic oxidation sites excluding steroid dienone is 2. The number of anilines is 1. The third-order valence-corrected chi connectivity index (χ3v) is 5.24. The second-order valence-corrected chi connectivity index (χ2v) is 7.91. The highest BCUT2D eigenvalue weighted by Crippen LogP contribution is 2.47. The normalized spacial score (nSPS) is 22.4. The highest BCUT2D eigenvalue weighted by Gasteiger charge is 2.44. The third-order valence-electron chi connectivity index (χ3n) is 5.24. The molecule has 0 radical (unpaired) electrons. The van der Waals surface area contributed by atoms with Crippen molar-refractivity contribution in [3.05, 3.63) is 71.7 Å². The quantitative estimate of drug-likeness (QED) is 0.817. The Morgan fingerprint density at radius 1 is 1.04 bits per heavy atom. The molecule has 0 spiro atoms. The van der Waals surface area contributed by atoms with Gasteiger partial charge in [-0.25, -0.2) is 0 Å². The van der Waals surface area contributed by atoms with E-state index < -0.39 is 0 Å². The molecule has 1 atom stereocenters. The summed E-state index contributed by atoms with van der Waals surface area (Å²) in [6.45, 7) is 4.19. The van der Waals surface area contributed by atoms with Crippen molar-refractivity contribution in [2.75, 3.05) is 4.90 Å². The van der Waals surface area contributed by atoms with Crippen LogP contribution in [0.2, 0.25) is 0 Å². The van der Waals surface area contributed by atoms with Gasteiger partial charge in [0.2, 0.25) is 5.91 Å². The topological polar surface area (TPSA) is 50.3 Å². The highest BCUT2D eigenvalue weighted by atomic mass is 16.2. The van der Waals surface area contributed by atoms with Gasteiger partial charge in [0, 0.05) is 48.1 Å². The van der Waals surface area contributed by atoms with Crippen LogP contribution in [0.1, 0.15) is 44.6 Å². The first-order valence-corrected chi connectivity index (χ1v) is 9.00. The fraction of sp³-hybridized carbons (Fsp3) is 0.318. The third kappa shape index (κ3) is 2.85. The average Bonchev–Trinajstić information content (AvgIpc) is 2.61. The lowest BCUT2D eigenvalue weighted by Crippen LogP contribution is -2.43. The number of pyridine rings is 1. The standard InChI is InChI=1S/C22H22N2O2/c1-22(2)12-18-21(19(25)13-22)17(15-7-6-10-23-14-15)11-20(26)24(18)16-8-4-3-5-9-16/h3-10,14,17H,11-13H2,1-2H3/t17-/m0/s1. The molecule has 2 heterocycles. The van der Waals surface area contributed by atoms with Crippen molar-refractivity contribution in [3.63, 3.8) is 0 Å². The summed E-state index contributed by atoms with van der Waals surface area (Å²) < 4.78 is 0. The Morgan fingerprint density at radius 3 is 2.50 bits per heavy atom. The first-order chi connectivity index (χ1) is 12.5. The van der Waals surface area contributed by atoms with Crippen LogP contribution < -0.4 is 4.90 Å². The number of benzene rings is 1. The van der Waals surface area contributed by atoms with E-state index in [4.69, 9.17) is 0 Å². The molecule has 4 rings (SSSR count). The molecule has 0 bridgehead atoms. The lowest BCUT2D eigenvalue weighted by atomic mass is 9.69. The van der Waals surface area contributed by atoms with Crippen LogP contribution in [0.4, 0.5) is 5.69 Å². The Morgan fingerprint density at radius 2 is 1.81 bits per heavy atom. The van der Waals surface area contributed by atoms with E-state index in [-0.39, 0.29) is 23.0 Å². The second-order valence-electron chi connectivity index (χ2n) is 7.91. The Balaban J connectivity index is 1.90. The Hall–Kier alpha value is -2.75. The lowest BCUT2D eigenvalue weighted by molar-refractivity contribution is -0.121. The molecule has 1 aromatic heterocycles. The molecule has 0 N–H and O–H groups in total. The van der Waals surface area contributed by atoms with E-state index in [1.54, 1.807) is 17.3 Å². The van der Waals surface area contributed by atoms with Gasteiger partial charge in [-0.05, 0) is 35.6 Å². The summed E-state index contributed by atoms with van der Waals surface area (Å²) in [6, 6.07) is 13.5. The van der Waals surface area contributed by atoms with Crippen molar-refractivity contribution in [3.8, 4) is 0 Å². The van der Waals surface area contributed by atoms with Gasteiger partial charge in [0.05, 0.1) is 0 Å². The van der Waals surface area contributed by atoms with Crippen LogP contribution in [-0.2, 0) is 9.59 Å². The van der Waals surface area contributed by atoms with Crippen molar-refractivity contribution < 1.29 is 9.59 Å². The number of aromatic nitrogens is 1. The molecule has 132 valence electrons. The minimum Gasteiger partial charge on any atom is -0.294 e. The highest BCUT2D eigenvalue weighted by molar-refractivity contribution is 6.07. The summed E-state index contributed by atoms with van der Waals surface area (Å²) in [4.78, 5) is 32.2. The Labute approximate surface area is 153 Å². The van der Waals surface area contributed by atoms with Gasteiger partial charge in [-0.15, -0.1) is 0 Å². The molecule has 1 aliphatic carbocycles. The molecule has 1 aromatic carbocycles. The van der Waals surface area contributed by atoms with Gasteiger partial charge < -0.3 is 0 Å². The minimum atomic E-state index is -0.199. The number of hydrogen-bond acceptors (Lipinski definition) is 3. The van der Waals surface area contributed by atoms with E-state index in [9.17, 15) is 9.59 Å². The van der Waals surface area contributed by atoms with Gasteiger partial charge in [-0.1, -0.05) is 38.1 Å². The fourth-order valence-electron chi connectivity index (χ4n) is 4.16. The summed E-state index contributed by atoms with van der Waals surface area (Å²) in [5.74, 6) is -0.0115. The maximum atomic E-state index is 13.1. The zero-order valence-corrected chi connectivity index (χ0v) is 15.1. The Kier molecular flexibility index (Phi) is 3.98. The van der Waals surface area contributed by atoms with Crippen molar-refractivity contribution in [2.45, 2.75) is 39.0 Å². The molecular formula is C22H22N2O2. The van der Waals surface area contributed by atoms with Crippen molar-refractivity contribution in [2.24, 2.45) is 5.41 Å². The molecule has 4 nitrogen and oxygen atoms in total. The Bertz CT molecular complexity index is 885. The van der Waals surface area contributed by atoms with Crippen molar-refractivity contribution in [1.82, 2.24) is 4.98 Å². The van der Waals surface area contributed by atoms with E-state index in [1.807, 2.05) is 42.5 Å². The van der Waals surface area contributed by atoms with Gasteiger partial charge >= 0.3 is 0 Å². The average molecular weight is 346 g/mol. The number of carbonyl (C=O) groups excluding carboxylic acids is 2. The first kappa shape index (κ1) is 16.7. The van der Waals surface area contributed by atoms with Crippen molar-refractivity contribution >= 4 is 17.4 Å². The number of hydrogen-bond donors (Lipinski definition) is 0. The van der Waals surface area contributed by atoms with Crippen LogP contribution in [0.3, 0.4) is 0 Å². The monoisotopic (exact) mass is 346 g/mol. The second kappa shape index (κ2) is 6.20. The maximum Gasteiger partial charge on any atom is 0.232 e. The summed E-state index contributed by atoms with van der Waals surface area (Å²) in [7, 11) is 0. The fourth-order valence-corrected chi connectivity index (χ4v) is 4.16. The molecule has 26 heavy (non-hydrogen) atoms. The molecule has 0 unspecified atom stereocenters. The summed E-state index contributed by atoms with van der Waals surface area (Å²) in [5.41, 5.74) is 3.28. The molecule has 0 saturated carbocycles. The van der Waals surface area contributed by atoms with E-state index in [0.29, 0.717) is 19.3 Å². The molecule has 2 aromatic rings. The number of para-hydroxylation sites is 1. The molecular weight excluding hydrogens is 324 g/mol. The predicted molar refractivity (Wildman–Crippen MR) is 101 cm³/mol. The number of Topliss-reactive ketones (excluding diaryl/α,β-unsaturated/α-hetero) is 1. The number of nitrogens with zero attached hydrogens (tertiary/aromatic N) is 2. The van der Waals surface area contributed by atoms with Crippen LogP contribution in [0.25, 0.3) is 0 Å². The molecule has 1 aliphatic heterocycles. The molecule has 0 fully saturated rings. The number of amides is 1. The summed E-state index contributed by atoms with van der Waals surface area (Å²) in [6.07, 6.45) is 5.01. The van der Waals surface area contributed by atoms with Crippen LogP contribution >= 0.6 is 0 Å². The van der Waals surface area contributed by atoms with Crippen LogP contribution in [-0.4, -0.2) is 16.7 Å². The number of ketones is 1. The van der Waals surface area contributed by atoms with E-state index in [1.165, 1.54) is 0 Å². The lowest BCUT2D eigenvalue weighted by Gasteiger charge is -2.42. The van der Waals surface area contributed by atoms with Gasteiger partial charge in [0.25, 0.3) is 0 Å². The van der Waals surface area contributed by atoms with E-state index >= 15 is 0 Å². The SMILES string of the molecule is CC1(C)CC(=O)C2=C(C1)N(c1ccccc1)C(=O)C[C@H]2c1cccnc1. The number of rotatable bonds is 2. The predicted octanol–water partition coefficient (Wildman–Crippen LogP) is 4.25. The van der Waals surface area contributed by atoms with Gasteiger partial charge in [0.1, 0.15) is 0 Å². The molecule has 1 amide bonds. The van der Waals surface area contributed by atoms with Crippen LogP contribution in [0.5, 0.6) is 0 Å². The van der Waals surface area contributed by atoms with E-state index in [0.717, 1.165) is 22.5 Å². The maximum absolute atomic E-state index is 13.1. The summed E-state index contributed by atoms with van der Waals surface area (Å²) in [5, 5.41) is 0. The van der Waals surface area contributed by atoms with Gasteiger partial charge in [-0.2, -0.15) is 0 Å². The molecule has 4 heteroatoms. The smallest absolute Gasteiger partial charge is 0.232 e. The number of carbonyl (C=O) groups is 2. The van der Waals surface area contributed by atoms with Gasteiger partial charge in [-0.3, -0.25) is 19.5 Å². The van der Waals surface area contributed by atoms with E-state index in [2.05, 4.69) is 18.8 Å². The molecule has 2 aliphatic rings.